The van der Waals surface area contributed by atoms with E-state index in [9.17, 15) is 9.59 Å². The van der Waals surface area contributed by atoms with Gasteiger partial charge in [0, 0.05) is 13.5 Å². The Morgan fingerprint density at radius 2 is 1.67 bits per heavy atom. The second-order valence-electron chi connectivity index (χ2n) is 7.98. The molecule has 5 nitrogen and oxygen atoms in total. The van der Waals surface area contributed by atoms with E-state index in [0.29, 0.717) is 19.3 Å². The van der Waals surface area contributed by atoms with E-state index >= 15 is 0 Å². The Labute approximate surface area is 185 Å². The summed E-state index contributed by atoms with van der Waals surface area (Å²) in [5.74, 6) is 0.551. The van der Waals surface area contributed by atoms with Gasteiger partial charge in [0.05, 0.1) is 11.9 Å². The van der Waals surface area contributed by atoms with Gasteiger partial charge in [-0.1, -0.05) is 56.3 Å². The normalized spacial score (nSPS) is 13.9. The SMILES string of the molecule is CNC(=O)[C@H](Cc1ccc(OC)cc1)NC(=O)C(S)(Cc1ccccc1)CC(C)C. The van der Waals surface area contributed by atoms with Gasteiger partial charge in [-0.15, -0.1) is 0 Å². The zero-order valence-electron chi connectivity index (χ0n) is 18.1. The van der Waals surface area contributed by atoms with Gasteiger partial charge in [-0.05, 0) is 42.0 Å². The molecule has 0 saturated heterocycles. The van der Waals surface area contributed by atoms with Gasteiger partial charge >= 0.3 is 0 Å². The quantitative estimate of drug-likeness (QED) is 0.508. The predicted molar refractivity (Wildman–Crippen MR) is 124 cm³/mol. The fraction of sp³-hybridized carbons (Fsp3) is 0.417. The van der Waals surface area contributed by atoms with Gasteiger partial charge in [-0.25, -0.2) is 0 Å². The van der Waals surface area contributed by atoms with Crippen LogP contribution >= 0.6 is 12.6 Å². The molecule has 0 fully saturated rings. The third kappa shape index (κ3) is 6.80. The minimum absolute atomic E-state index is 0.231. The van der Waals surface area contributed by atoms with Crippen molar-refractivity contribution in [3.05, 3.63) is 65.7 Å². The van der Waals surface area contributed by atoms with E-state index in [2.05, 4.69) is 24.5 Å². The lowest BCUT2D eigenvalue weighted by molar-refractivity contribution is -0.130. The van der Waals surface area contributed by atoms with E-state index < -0.39 is 10.8 Å². The van der Waals surface area contributed by atoms with Crippen LogP contribution in [0.5, 0.6) is 5.75 Å². The number of hydrogen-bond acceptors (Lipinski definition) is 4. The number of thiol groups is 1. The molecule has 1 unspecified atom stereocenters. The van der Waals surface area contributed by atoms with Gasteiger partial charge in [0.15, 0.2) is 0 Å². The maximum atomic E-state index is 13.3. The van der Waals surface area contributed by atoms with Crippen molar-refractivity contribution < 1.29 is 14.3 Å². The summed E-state index contributed by atoms with van der Waals surface area (Å²) in [5, 5.41) is 5.60. The van der Waals surface area contributed by atoms with Crippen LogP contribution in [0.1, 0.15) is 31.4 Å². The summed E-state index contributed by atoms with van der Waals surface area (Å²) in [6.07, 6.45) is 1.47. The van der Waals surface area contributed by atoms with Crippen molar-refractivity contribution in [3.63, 3.8) is 0 Å². The number of hydrogen-bond donors (Lipinski definition) is 3. The van der Waals surface area contributed by atoms with Crippen LogP contribution in [0.2, 0.25) is 0 Å². The van der Waals surface area contributed by atoms with Crippen molar-refractivity contribution in [3.8, 4) is 5.75 Å². The second kappa shape index (κ2) is 11.1. The number of carbonyl (C=O) groups is 2. The molecule has 0 aromatic heterocycles. The van der Waals surface area contributed by atoms with E-state index in [0.717, 1.165) is 16.9 Å². The number of methoxy groups -OCH3 is 1. The van der Waals surface area contributed by atoms with Crippen LogP contribution in [-0.2, 0) is 22.4 Å². The fourth-order valence-corrected chi connectivity index (χ4v) is 4.14. The third-order valence-corrected chi connectivity index (χ3v) is 5.52. The molecule has 2 rings (SSSR count). The summed E-state index contributed by atoms with van der Waals surface area (Å²) in [5.41, 5.74) is 1.97. The van der Waals surface area contributed by atoms with Gasteiger partial charge in [0.2, 0.25) is 11.8 Å². The lowest BCUT2D eigenvalue weighted by Gasteiger charge is -2.31. The molecule has 0 bridgehead atoms. The Morgan fingerprint density at radius 1 is 1.03 bits per heavy atom. The number of carbonyl (C=O) groups excluding carboxylic acids is 2. The number of rotatable bonds is 10. The molecule has 2 amide bonds. The van der Waals surface area contributed by atoms with Crippen molar-refractivity contribution in [2.24, 2.45) is 5.92 Å². The Kier molecular flexibility index (Phi) is 8.78. The van der Waals surface area contributed by atoms with Crippen molar-refractivity contribution in [2.45, 2.75) is 43.9 Å². The molecule has 0 heterocycles. The fourth-order valence-electron chi connectivity index (χ4n) is 3.53. The number of ether oxygens (including phenoxy) is 1. The summed E-state index contributed by atoms with van der Waals surface area (Å²) in [6, 6.07) is 16.6. The van der Waals surface area contributed by atoms with Crippen molar-refractivity contribution in [1.82, 2.24) is 10.6 Å². The molecule has 6 heteroatoms. The van der Waals surface area contributed by atoms with Crippen molar-refractivity contribution >= 4 is 24.4 Å². The van der Waals surface area contributed by atoms with Gasteiger partial charge in [-0.3, -0.25) is 9.59 Å². The number of amides is 2. The summed E-state index contributed by atoms with van der Waals surface area (Å²) in [7, 11) is 3.18. The first-order valence-corrected chi connectivity index (χ1v) is 10.6. The Morgan fingerprint density at radius 3 is 2.20 bits per heavy atom. The molecule has 2 aromatic rings. The predicted octanol–water partition coefficient (Wildman–Crippen LogP) is 3.43. The summed E-state index contributed by atoms with van der Waals surface area (Å²) < 4.78 is 4.27. The van der Waals surface area contributed by atoms with E-state index in [4.69, 9.17) is 17.4 Å². The minimum atomic E-state index is -0.915. The average Bonchev–Trinajstić information content (AvgIpc) is 2.73. The third-order valence-electron chi connectivity index (χ3n) is 4.98. The van der Waals surface area contributed by atoms with Gasteiger partial charge < -0.3 is 15.4 Å². The Bertz CT molecular complexity index is 824. The van der Waals surface area contributed by atoms with Crippen LogP contribution < -0.4 is 15.4 Å². The highest BCUT2D eigenvalue weighted by Gasteiger charge is 2.37. The topological polar surface area (TPSA) is 67.4 Å². The molecule has 0 aliphatic heterocycles. The summed E-state index contributed by atoms with van der Waals surface area (Å²) in [6.45, 7) is 4.13. The first-order valence-electron chi connectivity index (χ1n) is 10.2. The first kappa shape index (κ1) is 23.8. The highest BCUT2D eigenvalue weighted by atomic mass is 32.1. The van der Waals surface area contributed by atoms with E-state index in [1.807, 2.05) is 54.6 Å². The molecule has 0 saturated carbocycles. The lowest BCUT2D eigenvalue weighted by Crippen LogP contribution is -2.54. The molecule has 0 aliphatic carbocycles. The molecule has 162 valence electrons. The highest BCUT2D eigenvalue weighted by Crippen LogP contribution is 2.29. The molecule has 0 spiro atoms. The highest BCUT2D eigenvalue weighted by molar-refractivity contribution is 7.82. The van der Waals surface area contributed by atoms with Crippen molar-refractivity contribution in [1.29, 1.82) is 0 Å². The molecule has 2 N–H and O–H groups in total. The smallest absolute Gasteiger partial charge is 0.242 e. The van der Waals surface area contributed by atoms with Gasteiger partial charge in [0.25, 0.3) is 0 Å². The standard InChI is InChI=1S/C24H32N2O3S/c1-17(2)15-24(30,16-19-8-6-5-7-9-19)23(28)26-21(22(27)25-3)14-18-10-12-20(29-4)13-11-18/h5-13,17,21,30H,14-16H2,1-4H3,(H,25,27)(H,26,28)/t21-,24?/m0/s1. The van der Waals surface area contributed by atoms with Crippen LogP contribution in [0.25, 0.3) is 0 Å². The molecular weight excluding hydrogens is 396 g/mol. The Hall–Kier alpha value is -2.47. The molecule has 2 atom stereocenters. The minimum Gasteiger partial charge on any atom is -0.497 e. The largest absolute Gasteiger partial charge is 0.497 e. The van der Waals surface area contributed by atoms with E-state index in [-0.39, 0.29) is 17.7 Å². The zero-order chi connectivity index (χ0) is 22.1. The number of benzene rings is 2. The van der Waals surface area contributed by atoms with Gasteiger partial charge in [0.1, 0.15) is 11.8 Å². The van der Waals surface area contributed by atoms with Gasteiger partial charge in [-0.2, -0.15) is 12.6 Å². The molecule has 30 heavy (non-hydrogen) atoms. The molecule has 0 radical (unpaired) electrons. The first-order chi connectivity index (χ1) is 14.3. The zero-order valence-corrected chi connectivity index (χ0v) is 19.0. The maximum Gasteiger partial charge on any atom is 0.242 e. The molecule has 2 aromatic carbocycles. The second-order valence-corrected chi connectivity index (χ2v) is 8.84. The van der Waals surface area contributed by atoms with Crippen LogP contribution in [0, 0.1) is 5.92 Å². The maximum absolute atomic E-state index is 13.3. The van der Waals surface area contributed by atoms with Crippen LogP contribution in [0.15, 0.2) is 54.6 Å². The van der Waals surface area contributed by atoms with Crippen LogP contribution in [0.3, 0.4) is 0 Å². The van der Waals surface area contributed by atoms with Crippen LogP contribution in [-0.4, -0.2) is 36.8 Å². The van der Waals surface area contributed by atoms with E-state index in [1.165, 1.54) is 0 Å². The molecular formula is C24H32N2O3S. The number of likely N-dealkylation sites (N-methyl/N-ethyl adjacent to an activating group) is 1. The summed E-state index contributed by atoms with van der Waals surface area (Å²) in [4.78, 5) is 25.8. The van der Waals surface area contributed by atoms with Crippen LogP contribution in [0.4, 0.5) is 0 Å². The number of nitrogens with one attached hydrogen (secondary N) is 2. The summed E-state index contributed by atoms with van der Waals surface area (Å²) >= 11 is 4.83. The van der Waals surface area contributed by atoms with Crippen molar-refractivity contribution in [2.75, 3.05) is 14.2 Å². The van der Waals surface area contributed by atoms with E-state index in [1.54, 1.807) is 14.2 Å². The lowest BCUT2D eigenvalue weighted by atomic mass is 9.88. The monoisotopic (exact) mass is 428 g/mol. The average molecular weight is 429 g/mol. The molecule has 0 aliphatic rings. The Balaban J connectivity index is 2.21.